The fraction of sp³-hybridized carbons (Fsp3) is 0.533. The number of anilines is 2. The Morgan fingerprint density at radius 2 is 1.44 bits per heavy atom. The highest BCUT2D eigenvalue weighted by atomic mass is 19.1. The van der Waals surface area contributed by atoms with E-state index in [1.54, 1.807) is 17.0 Å². The van der Waals surface area contributed by atoms with Crippen LogP contribution >= 0.6 is 0 Å². The highest BCUT2D eigenvalue weighted by Crippen LogP contribution is 2.49. The number of amides is 3. The number of nitrogens with one attached hydrogen (secondary N) is 1. The first kappa shape index (κ1) is 36.2. The predicted octanol–water partition coefficient (Wildman–Crippen LogP) is 6.61. The van der Waals surface area contributed by atoms with Gasteiger partial charge in [-0.1, -0.05) is 44.2 Å². The number of benzene rings is 3. The minimum absolute atomic E-state index is 0.0370. The van der Waals surface area contributed by atoms with E-state index in [4.69, 9.17) is 0 Å². The first-order valence-electron chi connectivity index (χ1n) is 20.9. The van der Waals surface area contributed by atoms with Crippen LogP contribution in [0.4, 0.5) is 15.8 Å². The van der Waals surface area contributed by atoms with Crippen molar-refractivity contribution in [2.45, 2.75) is 89.1 Å². The molecule has 2 N–H and O–H groups in total. The highest BCUT2D eigenvalue weighted by Gasteiger charge is 2.40. The van der Waals surface area contributed by atoms with Crippen molar-refractivity contribution in [3.63, 3.8) is 0 Å². The normalized spacial score (nSPS) is 25.6. The van der Waals surface area contributed by atoms with Crippen LogP contribution in [0.1, 0.15) is 103 Å². The molecule has 4 heterocycles. The molecule has 9 nitrogen and oxygen atoms in total. The van der Waals surface area contributed by atoms with Gasteiger partial charge >= 0.3 is 0 Å². The molecule has 0 radical (unpaired) electrons. The summed E-state index contributed by atoms with van der Waals surface area (Å²) in [5.41, 5.74) is 6.89. The standard InChI is InChI=1S/C45H54FN5O4/c46-40-26-34(8-12-39(40)43-36(30-4-2-1-3-5-30)10-6-31-25-35(52)9-13-37(31)43)49-18-16-29(17-19-49)27-48-20-22-50(23-21-48)33-7-11-38-32(24-33)28-51(45(38)55)41-14-15-42(53)47-44(41)54/h7-9,11-13,24-26,29-30,36,41,43,52H,1-6,10,14-23,27-28H2,(H,47,53,54)/t36-,41-,43+/m0/s1. The molecule has 290 valence electrons. The quantitative estimate of drug-likeness (QED) is 0.263. The van der Waals surface area contributed by atoms with Gasteiger partial charge in [0.05, 0.1) is 0 Å². The summed E-state index contributed by atoms with van der Waals surface area (Å²) in [5.74, 6) is 1.14. The third-order valence-electron chi connectivity index (χ3n) is 14.0. The van der Waals surface area contributed by atoms with E-state index >= 15 is 4.39 Å². The topological polar surface area (TPSA) is 96.4 Å². The van der Waals surface area contributed by atoms with Crippen LogP contribution in [0.2, 0.25) is 0 Å². The summed E-state index contributed by atoms with van der Waals surface area (Å²) in [7, 11) is 0. The maximum atomic E-state index is 16.3. The summed E-state index contributed by atoms with van der Waals surface area (Å²) in [5, 5.41) is 12.6. The molecule has 1 saturated carbocycles. The SMILES string of the molecule is O=C1CC[C@H](N2Cc3cc(N4CCN(CC5CCN(c6ccc([C@H]7c8ccc(O)cc8CC[C@H]7C7CCCCC7)c(F)c6)CC5)CC4)ccc3C2=O)C(=O)N1. The molecule has 3 saturated heterocycles. The second kappa shape index (κ2) is 15.2. The monoisotopic (exact) mass is 747 g/mol. The third-order valence-corrected chi connectivity index (χ3v) is 14.0. The summed E-state index contributed by atoms with van der Waals surface area (Å²) in [6.07, 6.45) is 11.2. The van der Waals surface area contributed by atoms with Gasteiger partial charge in [-0.25, -0.2) is 4.39 Å². The van der Waals surface area contributed by atoms with Crippen LogP contribution in [-0.2, 0) is 22.6 Å². The van der Waals surface area contributed by atoms with Gasteiger partial charge in [0.2, 0.25) is 11.8 Å². The Morgan fingerprint density at radius 1 is 0.709 bits per heavy atom. The van der Waals surface area contributed by atoms with Crippen LogP contribution in [0.15, 0.2) is 54.6 Å². The number of carbonyl (C=O) groups excluding carboxylic acids is 3. The second-order valence-electron chi connectivity index (χ2n) is 17.1. The molecule has 3 aromatic rings. The van der Waals surface area contributed by atoms with Crippen molar-refractivity contribution in [3.8, 4) is 5.75 Å². The molecule has 55 heavy (non-hydrogen) atoms. The lowest BCUT2D eigenvalue weighted by atomic mass is 9.64. The van der Waals surface area contributed by atoms with Crippen molar-refractivity contribution in [2.75, 3.05) is 55.6 Å². The van der Waals surface area contributed by atoms with Crippen molar-refractivity contribution in [1.82, 2.24) is 15.1 Å². The van der Waals surface area contributed by atoms with Gasteiger partial charge in [-0.3, -0.25) is 24.6 Å². The minimum atomic E-state index is -0.598. The van der Waals surface area contributed by atoms with Gasteiger partial charge in [-0.05, 0) is 115 Å². The number of piperazine rings is 1. The van der Waals surface area contributed by atoms with Crippen molar-refractivity contribution in [3.05, 3.63) is 88.2 Å². The van der Waals surface area contributed by atoms with E-state index in [0.717, 1.165) is 94.0 Å². The van der Waals surface area contributed by atoms with Crippen molar-refractivity contribution in [2.24, 2.45) is 17.8 Å². The Balaban J connectivity index is 0.787. The van der Waals surface area contributed by atoms with Crippen LogP contribution < -0.4 is 15.1 Å². The number of halogens is 1. The van der Waals surface area contributed by atoms with Crippen LogP contribution in [0.5, 0.6) is 5.75 Å². The molecule has 0 aromatic heterocycles. The number of hydrogen-bond donors (Lipinski definition) is 2. The number of phenolic OH excluding ortho intramolecular Hbond substituents is 1. The molecule has 4 aliphatic heterocycles. The molecule has 3 amide bonds. The number of rotatable bonds is 7. The molecular formula is C45H54FN5O4. The number of phenols is 1. The number of imide groups is 1. The summed E-state index contributed by atoms with van der Waals surface area (Å²) in [6, 6.07) is 17.2. The first-order chi connectivity index (χ1) is 26.8. The molecule has 4 fully saturated rings. The van der Waals surface area contributed by atoms with Crippen molar-refractivity contribution in [1.29, 1.82) is 0 Å². The Morgan fingerprint density at radius 3 is 2.20 bits per heavy atom. The molecule has 0 bridgehead atoms. The Hall–Kier alpha value is -4.44. The summed E-state index contributed by atoms with van der Waals surface area (Å²) < 4.78 is 16.3. The van der Waals surface area contributed by atoms with Gasteiger partial charge in [0.15, 0.2) is 0 Å². The predicted molar refractivity (Wildman–Crippen MR) is 211 cm³/mol. The molecule has 0 spiro atoms. The lowest BCUT2D eigenvalue weighted by Gasteiger charge is -2.41. The lowest BCUT2D eigenvalue weighted by molar-refractivity contribution is -0.136. The van der Waals surface area contributed by atoms with Gasteiger partial charge in [0, 0.05) is 81.6 Å². The van der Waals surface area contributed by atoms with E-state index in [1.165, 1.54) is 43.2 Å². The largest absolute Gasteiger partial charge is 0.508 e. The van der Waals surface area contributed by atoms with E-state index < -0.39 is 6.04 Å². The number of aryl methyl sites for hydroxylation is 1. The lowest BCUT2D eigenvalue weighted by Crippen LogP contribution is -2.52. The molecule has 10 heteroatoms. The van der Waals surface area contributed by atoms with Crippen LogP contribution in [0.25, 0.3) is 0 Å². The van der Waals surface area contributed by atoms with Crippen LogP contribution in [-0.4, -0.2) is 84.5 Å². The zero-order chi connectivity index (χ0) is 37.6. The minimum Gasteiger partial charge on any atom is -0.508 e. The third kappa shape index (κ3) is 7.23. The average molecular weight is 748 g/mol. The fourth-order valence-corrected chi connectivity index (χ4v) is 10.9. The molecule has 2 aliphatic carbocycles. The van der Waals surface area contributed by atoms with E-state index in [-0.39, 0.29) is 35.9 Å². The smallest absolute Gasteiger partial charge is 0.255 e. The Kier molecular flexibility index (Phi) is 10.0. The van der Waals surface area contributed by atoms with Gasteiger partial charge in [-0.2, -0.15) is 0 Å². The van der Waals surface area contributed by atoms with E-state index in [9.17, 15) is 19.5 Å². The molecule has 9 rings (SSSR count). The fourth-order valence-electron chi connectivity index (χ4n) is 10.9. The Labute approximate surface area is 323 Å². The number of piperidine rings is 2. The van der Waals surface area contributed by atoms with E-state index in [2.05, 4.69) is 44.3 Å². The van der Waals surface area contributed by atoms with Crippen molar-refractivity contribution >= 4 is 29.1 Å². The molecular weight excluding hydrogens is 694 g/mol. The molecule has 6 aliphatic rings. The summed E-state index contributed by atoms with van der Waals surface area (Å²) in [6.45, 7) is 7.14. The van der Waals surface area contributed by atoms with E-state index in [0.29, 0.717) is 42.0 Å². The zero-order valence-electron chi connectivity index (χ0n) is 31.9. The van der Waals surface area contributed by atoms with Crippen molar-refractivity contribution < 1.29 is 23.9 Å². The number of aromatic hydroxyl groups is 1. The van der Waals surface area contributed by atoms with Crippen LogP contribution in [0, 0.1) is 23.6 Å². The van der Waals surface area contributed by atoms with Gasteiger partial charge in [0.1, 0.15) is 17.6 Å². The number of nitrogens with zero attached hydrogens (tertiary/aromatic N) is 4. The summed E-state index contributed by atoms with van der Waals surface area (Å²) >= 11 is 0. The zero-order valence-corrected chi connectivity index (χ0v) is 31.9. The number of carbonyl (C=O) groups is 3. The highest BCUT2D eigenvalue weighted by molar-refractivity contribution is 6.05. The number of hydrogen-bond acceptors (Lipinski definition) is 7. The van der Waals surface area contributed by atoms with E-state index in [1.807, 2.05) is 18.2 Å². The Bertz CT molecular complexity index is 1950. The van der Waals surface area contributed by atoms with Gasteiger partial charge in [-0.15, -0.1) is 0 Å². The average Bonchev–Trinajstić information content (AvgIpc) is 3.53. The first-order valence-corrected chi connectivity index (χ1v) is 20.9. The molecule has 0 unspecified atom stereocenters. The van der Waals surface area contributed by atoms with Gasteiger partial charge in [0.25, 0.3) is 5.91 Å². The van der Waals surface area contributed by atoms with Crippen LogP contribution in [0.3, 0.4) is 0 Å². The molecule has 3 aromatic carbocycles. The maximum Gasteiger partial charge on any atom is 0.255 e. The van der Waals surface area contributed by atoms with Gasteiger partial charge < -0.3 is 19.8 Å². The molecule has 3 atom stereocenters. The second-order valence-corrected chi connectivity index (χ2v) is 17.1. The summed E-state index contributed by atoms with van der Waals surface area (Å²) in [4.78, 5) is 46.2. The maximum absolute atomic E-state index is 16.3. The number of fused-ring (bicyclic) bond motifs is 2.